The number of rotatable bonds is 6. The number of fused-ring (bicyclic) bond motifs is 2. The van der Waals surface area contributed by atoms with Crippen LogP contribution in [0.2, 0.25) is 0 Å². The van der Waals surface area contributed by atoms with Crippen molar-refractivity contribution in [3.05, 3.63) is 24.8 Å². The molecule has 2 aliphatic heterocycles. The maximum absolute atomic E-state index is 11.1. The van der Waals surface area contributed by atoms with Crippen molar-refractivity contribution in [2.45, 2.75) is 69.9 Å². The molecule has 27 heavy (non-hydrogen) atoms. The molecule has 2 saturated heterocycles. The Morgan fingerprint density at radius 2 is 1.44 bits per heavy atom. The van der Waals surface area contributed by atoms with E-state index in [0.717, 1.165) is 38.5 Å². The third-order valence-corrected chi connectivity index (χ3v) is 5.65. The van der Waals surface area contributed by atoms with Crippen molar-refractivity contribution in [3.63, 3.8) is 0 Å². The van der Waals surface area contributed by atoms with Crippen LogP contribution >= 0.6 is 0 Å². The van der Waals surface area contributed by atoms with Crippen molar-refractivity contribution < 1.29 is 28.5 Å². The molecule has 0 N–H and O–H groups in total. The van der Waals surface area contributed by atoms with E-state index in [-0.39, 0.29) is 11.9 Å². The zero-order valence-corrected chi connectivity index (χ0v) is 16.1. The van der Waals surface area contributed by atoms with E-state index in [2.05, 4.69) is 13.2 Å². The van der Waals surface area contributed by atoms with Gasteiger partial charge in [0, 0.05) is 11.6 Å². The van der Waals surface area contributed by atoms with Crippen LogP contribution in [0.25, 0.3) is 0 Å². The summed E-state index contributed by atoms with van der Waals surface area (Å²) in [5, 5.41) is 0. The summed E-state index contributed by atoms with van der Waals surface area (Å²) in [6.45, 7) is 9.61. The van der Waals surface area contributed by atoms with Gasteiger partial charge < -0.3 is 18.9 Å². The maximum atomic E-state index is 11.1. The molecule has 0 amide bonds. The molecule has 0 aromatic heterocycles. The summed E-state index contributed by atoms with van der Waals surface area (Å²) >= 11 is 0. The fourth-order valence-electron chi connectivity index (χ4n) is 3.85. The molecule has 6 unspecified atom stereocenters. The molecule has 2 saturated carbocycles. The van der Waals surface area contributed by atoms with Gasteiger partial charge in [0.15, 0.2) is 0 Å². The van der Waals surface area contributed by atoms with Gasteiger partial charge in [-0.1, -0.05) is 13.2 Å². The highest BCUT2D eigenvalue weighted by atomic mass is 16.6. The molecule has 0 aromatic rings. The van der Waals surface area contributed by atoms with Crippen molar-refractivity contribution in [2.75, 3.05) is 13.2 Å². The van der Waals surface area contributed by atoms with Gasteiger partial charge in [0.2, 0.25) is 0 Å². The summed E-state index contributed by atoms with van der Waals surface area (Å²) in [6, 6.07) is 0. The lowest BCUT2D eigenvalue weighted by Gasteiger charge is -2.18. The minimum absolute atomic E-state index is 0.274. The van der Waals surface area contributed by atoms with Gasteiger partial charge in [-0.25, -0.2) is 9.59 Å². The Morgan fingerprint density at radius 3 is 1.89 bits per heavy atom. The molecule has 150 valence electrons. The second-order valence-electron chi connectivity index (χ2n) is 8.00. The van der Waals surface area contributed by atoms with E-state index in [4.69, 9.17) is 18.9 Å². The first-order valence-electron chi connectivity index (χ1n) is 9.89. The molecule has 0 spiro atoms. The van der Waals surface area contributed by atoms with E-state index in [1.54, 1.807) is 6.92 Å². The topological polar surface area (TPSA) is 77.7 Å². The predicted molar refractivity (Wildman–Crippen MR) is 98.9 cm³/mol. The van der Waals surface area contributed by atoms with Crippen molar-refractivity contribution in [1.82, 2.24) is 0 Å². The molecule has 2 heterocycles. The second kappa shape index (κ2) is 9.02. The van der Waals surface area contributed by atoms with Crippen LogP contribution in [0.4, 0.5) is 0 Å². The number of epoxide rings is 2. The fraction of sp³-hybridized carbons (Fsp3) is 0.714. The quantitative estimate of drug-likeness (QED) is 0.402. The number of esters is 2. The van der Waals surface area contributed by atoms with Gasteiger partial charge >= 0.3 is 11.9 Å². The van der Waals surface area contributed by atoms with Gasteiger partial charge in [-0.2, -0.15) is 0 Å². The largest absolute Gasteiger partial charge is 0.462 e. The number of carbonyl (C=O) groups is 2. The normalized spacial score (nSPS) is 35.3. The van der Waals surface area contributed by atoms with E-state index < -0.39 is 0 Å². The highest BCUT2D eigenvalue weighted by molar-refractivity contribution is 5.86. The number of carbonyl (C=O) groups excluding carboxylic acids is 2. The smallest absolute Gasteiger partial charge is 0.333 e. The lowest BCUT2D eigenvalue weighted by atomic mass is 9.90. The molecule has 4 aliphatic rings. The molecule has 6 nitrogen and oxygen atoms in total. The van der Waals surface area contributed by atoms with Crippen LogP contribution in [0.3, 0.4) is 0 Å². The number of hydrogen-bond acceptors (Lipinski definition) is 6. The lowest BCUT2D eigenvalue weighted by molar-refractivity contribution is -0.141. The Morgan fingerprint density at radius 1 is 0.926 bits per heavy atom. The van der Waals surface area contributed by atoms with Gasteiger partial charge in [0.1, 0.15) is 0 Å². The molecule has 0 bridgehead atoms. The number of hydrogen-bond donors (Lipinski definition) is 0. The molecular formula is C21H30O6. The number of ether oxygens (including phenoxy) is 4. The summed E-state index contributed by atoms with van der Waals surface area (Å²) in [6.07, 6.45) is 9.74. The predicted octanol–water partition coefficient (Wildman–Crippen LogP) is 2.96. The van der Waals surface area contributed by atoms with Crippen LogP contribution < -0.4 is 0 Å². The van der Waals surface area contributed by atoms with Crippen LogP contribution in [-0.2, 0) is 28.5 Å². The van der Waals surface area contributed by atoms with Crippen LogP contribution in [-0.4, -0.2) is 49.6 Å². The molecule has 4 fully saturated rings. The van der Waals surface area contributed by atoms with Crippen molar-refractivity contribution >= 4 is 11.9 Å². The third-order valence-electron chi connectivity index (χ3n) is 5.65. The summed E-state index contributed by atoms with van der Waals surface area (Å²) in [5.41, 5.74) is 0.473. The van der Waals surface area contributed by atoms with Crippen molar-refractivity contribution in [2.24, 2.45) is 11.8 Å². The highest BCUT2D eigenvalue weighted by Crippen LogP contribution is 2.40. The monoisotopic (exact) mass is 378 g/mol. The molecule has 0 radical (unpaired) electrons. The molecule has 2 aliphatic carbocycles. The van der Waals surface area contributed by atoms with Crippen LogP contribution in [0.15, 0.2) is 24.8 Å². The molecule has 0 aromatic carbocycles. The Hall–Kier alpha value is -1.66. The first-order valence-corrected chi connectivity index (χ1v) is 9.89. The van der Waals surface area contributed by atoms with Gasteiger partial charge in [0.25, 0.3) is 0 Å². The van der Waals surface area contributed by atoms with E-state index >= 15 is 0 Å². The van der Waals surface area contributed by atoms with Crippen LogP contribution in [0.5, 0.6) is 0 Å². The summed E-state index contributed by atoms with van der Waals surface area (Å²) in [4.78, 5) is 21.9. The molecule has 4 rings (SSSR count). The van der Waals surface area contributed by atoms with Gasteiger partial charge in [-0.05, 0) is 57.3 Å². The highest BCUT2D eigenvalue weighted by Gasteiger charge is 2.44. The van der Waals surface area contributed by atoms with Gasteiger partial charge in [0.05, 0.1) is 37.6 Å². The van der Waals surface area contributed by atoms with Crippen LogP contribution in [0.1, 0.15) is 45.4 Å². The Balaban J connectivity index is 0.000000156. The van der Waals surface area contributed by atoms with Crippen molar-refractivity contribution in [1.29, 1.82) is 0 Å². The Kier molecular flexibility index (Phi) is 6.71. The molecular weight excluding hydrogens is 348 g/mol. The summed E-state index contributed by atoms with van der Waals surface area (Å²) in [5.74, 6) is 0.386. The van der Waals surface area contributed by atoms with Crippen LogP contribution in [0, 0.1) is 11.8 Å². The fourth-order valence-corrected chi connectivity index (χ4v) is 3.85. The maximum Gasteiger partial charge on any atom is 0.333 e. The van der Waals surface area contributed by atoms with E-state index in [9.17, 15) is 9.59 Å². The second-order valence-corrected chi connectivity index (χ2v) is 8.00. The Bertz CT molecular complexity index is 585. The summed E-state index contributed by atoms with van der Waals surface area (Å²) < 4.78 is 20.9. The Labute approximate surface area is 160 Å². The molecule has 6 atom stereocenters. The average Bonchev–Trinajstić information content (AvgIpc) is 3.57. The average molecular weight is 378 g/mol. The first kappa shape index (κ1) is 20.1. The third kappa shape index (κ3) is 6.18. The standard InChI is InChI=1S/C11H16O3.C10H14O3/c1-7(2)11(12)13-6-8-3-4-9-10(5-8)14-9;1-2-10(11)12-6-7-3-4-8-9(5-7)13-8/h8-10H,1,3-6H2,2H3;2,7-9H,1,3-6H2. The minimum Gasteiger partial charge on any atom is -0.462 e. The summed E-state index contributed by atoms with van der Waals surface area (Å²) in [7, 11) is 0. The zero-order valence-electron chi connectivity index (χ0n) is 16.1. The molecule has 6 heteroatoms. The first-order chi connectivity index (χ1) is 13.0. The van der Waals surface area contributed by atoms with E-state index in [1.165, 1.54) is 6.08 Å². The van der Waals surface area contributed by atoms with Gasteiger partial charge in [-0.15, -0.1) is 0 Å². The van der Waals surface area contributed by atoms with E-state index in [0.29, 0.717) is 55.0 Å². The van der Waals surface area contributed by atoms with E-state index in [1.807, 2.05) is 0 Å². The van der Waals surface area contributed by atoms with Gasteiger partial charge in [-0.3, -0.25) is 0 Å². The minimum atomic E-state index is -0.321. The zero-order chi connectivity index (χ0) is 19.4. The van der Waals surface area contributed by atoms with Crippen molar-refractivity contribution in [3.8, 4) is 0 Å². The SMILES string of the molecule is C=C(C)C(=O)OCC1CCC2OC2C1.C=CC(=O)OCC1CCC2OC2C1. The lowest BCUT2D eigenvalue weighted by Crippen LogP contribution is -2.20.